The van der Waals surface area contributed by atoms with E-state index in [0.717, 1.165) is 4.90 Å². The van der Waals surface area contributed by atoms with Gasteiger partial charge in [-0.3, -0.25) is 4.79 Å². The Morgan fingerprint density at radius 2 is 2.05 bits per heavy atom. The Kier molecular flexibility index (Phi) is 3.72. The van der Waals surface area contributed by atoms with Crippen molar-refractivity contribution in [2.24, 2.45) is 0 Å². The average Bonchev–Trinajstić information content (AvgIpc) is 2.72. The van der Waals surface area contributed by atoms with Gasteiger partial charge in [-0.25, -0.2) is 9.69 Å². The van der Waals surface area contributed by atoms with Gasteiger partial charge in [0.1, 0.15) is 11.7 Å². The number of hydrogen-bond acceptors (Lipinski definition) is 6. The van der Waals surface area contributed by atoms with Crippen molar-refractivity contribution < 1.29 is 23.8 Å². The minimum absolute atomic E-state index is 0.0222. The first kappa shape index (κ1) is 15.7. The number of carbonyl (C=O) groups is 2. The van der Waals surface area contributed by atoms with E-state index in [1.807, 2.05) is 6.07 Å². The molecule has 2 aliphatic heterocycles. The molecule has 7 nitrogen and oxygen atoms in total. The number of ether oxygens (including phenoxy) is 3. The van der Waals surface area contributed by atoms with Gasteiger partial charge < -0.3 is 14.2 Å². The van der Waals surface area contributed by atoms with Crippen molar-refractivity contribution in [2.75, 3.05) is 0 Å². The summed E-state index contributed by atoms with van der Waals surface area (Å²) in [6.45, 7) is 8.52. The number of carbonyl (C=O) groups excluding carboxylic acids is 2. The van der Waals surface area contributed by atoms with Crippen LogP contribution in [0.25, 0.3) is 0 Å². The molecule has 0 aromatic rings. The van der Waals surface area contributed by atoms with Gasteiger partial charge in [-0.15, -0.1) is 0 Å². The molecular formula is C14H20N2O5. The van der Waals surface area contributed by atoms with E-state index in [0.29, 0.717) is 0 Å². The molecule has 2 rings (SSSR count). The van der Waals surface area contributed by atoms with E-state index in [4.69, 9.17) is 19.5 Å². The lowest BCUT2D eigenvalue weighted by Gasteiger charge is -2.29. The van der Waals surface area contributed by atoms with Crippen molar-refractivity contribution >= 4 is 12.0 Å². The Morgan fingerprint density at radius 1 is 1.43 bits per heavy atom. The molecule has 7 heteroatoms. The van der Waals surface area contributed by atoms with Crippen LogP contribution in [0.3, 0.4) is 0 Å². The van der Waals surface area contributed by atoms with Gasteiger partial charge >= 0.3 is 6.09 Å². The predicted molar refractivity (Wildman–Crippen MR) is 70.9 cm³/mol. The van der Waals surface area contributed by atoms with Crippen molar-refractivity contribution in [1.82, 2.24) is 4.90 Å². The van der Waals surface area contributed by atoms with Crippen LogP contribution in [-0.2, 0) is 19.0 Å². The smallest absolute Gasteiger partial charge is 0.417 e. The molecule has 3 atom stereocenters. The molecule has 2 saturated heterocycles. The maximum absolute atomic E-state index is 12.4. The third kappa shape index (κ3) is 3.01. The highest BCUT2D eigenvalue weighted by molar-refractivity contribution is 5.98. The fourth-order valence-corrected chi connectivity index (χ4v) is 2.55. The van der Waals surface area contributed by atoms with Gasteiger partial charge in [0.05, 0.1) is 18.5 Å². The molecule has 0 aromatic carbocycles. The molecule has 0 N–H and O–H groups in total. The largest absolute Gasteiger partial charge is 0.443 e. The van der Waals surface area contributed by atoms with Gasteiger partial charge in [0, 0.05) is 0 Å². The number of fused-ring (bicyclic) bond motifs is 1. The number of hydrogen-bond donors (Lipinski definition) is 0. The third-order valence-electron chi connectivity index (χ3n) is 3.21. The van der Waals surface area contributed by atoms with Gasteiger partial charge in [0.25, 0.3) is 5.91 Å². The van der Waals surface area contributed by atoms with Crippen LogP contribution in [0.2, 0.25) is 0 Å². The molecule has 2 fully saturated rings. The Bertz CT molecular complexity index is 502. The van der Waals surface area contributed by atoms with Gasteiger partial charge in [-0.05, 0) is 34.6 Å². The first-order valence-corrected chi connectivity index (χ1v) is 6.84. The molecule has 0 saturated carbocycles. The predicted octanol–water partition coefficient (Wildman–Crippen LogP) is 1.57. The molecule has 21 heavy (non-hydrogen) atoms. The molecule has 116 valence electrons. The summed E-state index contributed by atoms with van der Waals surface area (Å²) in [5.41, 5.74) is -0.729. The number of rotatable bonds is 1. The van der Waals surface area contributed by atoms with Crippen molar-refractivity contribution in [2.45, 2.75) is 70.7 Å². The molecule has 0 aromatic heterocycles. The molecule has 2 aliphatic rings. The summed E-state index contributed by atoms with van der Waals surface area (Å²) in [5, 5.41) is 8.96. The van der Waals surface area contributed by atoms with Crippen LogP contribution in [0.5, 0.6) is 0 Å². The van der Waals surface area contributed by atoms with Crippen molar-refractivity contribution in [3.8, 4) is 6.07 Å². The zero-order chi connectivity index (χ0) is 16.0. The van der Waals surface area contributed by atoms with E-state index in [-0.39, 0.29) is 6.42 Å². The van der Waals surface area contributed by atoms with Gasteiger partial charge in [0.2, 0.25) is 0 Å². The van der Waals surface area contributed by atoms with Crippen LogP contribution in [-0.4, -0.2) is 46.5 Å². The molecule has 2 heterocycles. The van der Waals surface area contributed by atoms with E-state index in [9.17, 15) is 9.59 Å². The fraction of sp³-hybridized carbons (Fsp3) is 0.786. The van der Waals surface area contributed by atoms with Crippen LogP contribution >= 0.6 is 0 Å². The molecule has 0 radical (unpaired) electrons. The van der Waals surface area contributed by atoms with E-state index >= 15 is 0 Å². The van der Waals surface area contributed by atoms with Crippen LogP contribution < -0.4 is 0 Å². The second-order valence-electron chi connectivity index (χ2n) is 6.64. The van der Waals surface area contributed by atoms with Gasteiger partial charge in [0.15, 0.2) is 11.9 Å². The molecule has 0 spiro atoms. The van der Waals surface area contributed by atoms with Crippen molar-refractivity contribution in [3.63, 3.8) is 0 Å². The Hall–Kier alpha value is -1.65. The van der Waals surface area contributed by atoms with E-state index < -0.39 is 41.6 Å². The highest BCUT2D eigenvalue weighted by Gasteiger charge is 2.60. The molecule has 0 bridgehead atoms. The van der Waals surface area contributed by atoms with Gasteiger partial charge in [-0.2, -0.15) is 5.26 Å². The lowest BCUT2D eigenvalue weighted by Crippen LogP contribution is -2.46. The van der Waals surface area contributed by atoms with Crippen LogP contribution in [0.1, 0.15) is 41.0 Å². The van der Waals surface area contributed by atoms with Crippen molar-refractivity contribution in [1.29, 1.82) is 5.26 Å². The van der Waals surface area contributed by atoms with Crippen LogP contribution in [0, 0.1) is 11.3 Å². The summed E-state index contributed by atoms with van der Waals surface area (Å²) in [6, 6.07) is 1.29. The summed E-state index contributed by atoms with van der Waals surface area (Å²) >= 11 is 0. The summed E-state index contributed by atoms with van der Waals surface area (Å²) in [7, 11) is 0. The number of nitrogens with zero attached hydrogens (tertiary/aromatic N) is 2. The van der Waals surface area contributed by atoms with Crippen LogP contribution in [0.4, 0.5) is 4.79 Å². The lowest BCUT2D eigenvalue weighted by atomic mass is 10.1. The summed E-state index contributed by atoms with van der Waals surface area (Å²) in [5.74, 6) is -1.42. The zero-order valence-electron chi connectivity index (χ0n) is 12.9. The maximum Gasteiger partial charge on any atom is 0.417 e. The Balaban J connectivity index is 2.25. The summed E-state index contributed by atoms with van der Waals surface area (Å²) in [6.07, 6.45) is -2.30. The van der Waals surface area contributed by atoms with E-state index in [1.165, 1.54) is 0 Å². The van der Waals surface area contributed by atoms with Gasteiger partial charge in [-0.1, -0.05) is 0 Å². The second-order valence-corrected chi connectivity index (χ2v) is 6.64. The number of nitriles is 1. The topological polar surface area (TPSA) is 88.9 Å². The van der Waals surface area contributed by atoms with Crippen molar-refractivity contribution in [3.05, 3.63) is 0 Å². The monoisotopic (exact) mass is 296 g/mol. The number of imide groups is 1. The lowest BCUT2D eigenvalue weighted by molar-refractivity contribution is -0.171. The molecular weight excluding hydrogens is 276 g/mol. The maximum atomic E-state index is 12.4. The number of amides is 2. The first-order chi connectivity index (χ1) is 9.56. The second kappa shape index (κ2) is 4.97. The zero-order valence-corrected chi connectivity index (χ0v) is 12.9. The van der Waals surface area contributed by atoms with Crippen LogP contribution in [0.15, 0.2) is 0 Å². The summed E-state index contributed by atoms with van der Waals surface area (Å²) in [4.78, 5) is 25.6. The SMILES string of the molecule is CC(C)(C)OC(=O)N1C(=O)[C@H]2OC(C)(C)O[C@H]2[C@@H]1CC#N. The van der Waals surface area contributed by atoms with E-state index in [2.05, 4.69) is 0 Å². The highest BCUT2D eigenvalue weighted by Crippen LogP contribution is 2.39. The molecule has 2 amide bonds. The normalized spacial score (nSPS) is 31.0. The fourth-order valence-electron chi connectivity index (χ4n) is 2.55. The standard InChI is InChI=1S/C14H20N2O5/c1-13(2,3)21-12(18)16-8(6-7-15)9-10(11(16)17)20-14(4,5)19-9/h8-10H,6H2,1-5H3/t8-,9-,10-/m0/s1. The third-order valence-corrected chi connectivity index (χ3v) is 3.21. The number of likely N-dealkylation sites (tertiary alicyclic amines) is 1. The molecule has 0 unspecified atom stereocenters. The Morgan fingerprint density at radius 3 is 2.57 bits per heavy atom. The minimum atomic E-state index is -0.904. The summed E-state index contributed by atoms with van der Waals surface area (Å²) < 4.78 is 16.4. The Labute approximate surface area is 123 Å². The molecule has 0 aliphatic carbocycles. The quantitative estimate of drug-likeness (QED) is 0.729. The average molecular weight is 296 g/mol. The highest BCUT2D eigenvalue weighted by atomic mass is 16.8. The minimum Gasteiger partial charge on any atom is -0.443 e. The van der Waals surface area contributed by atoms with E-state index in [1.54, 1.807) is 34.6 Å². The first-order valence-electron chi connectivity index (χ1n) is 6.84.